The van der Waals surface area contributed by atoms with E-state index in [-0.39, 0.29) is 17.9 Å². The van der Waals surface area contributed by atoms with E-state index in [1.807, 2.05) is 12.1 Å². The molecule has 0 atom stereocenters. The van der Waals surface area contributed by atoms with Crippen LogP contribution in [-0.4, -0.2) is 31.1 Å². The highest BCUT2D eigenvalue weighted by Gasteiger charge is 2.39. The summed E-state index contributed by atoms with van der Waals surface area (Å²) in [4.78, 5) is 42.0. The van der Waals surface area contributed by atoms with Gasteiger partial charge in [0.15, 0.2) is 11.2 Å². The van der Waals surface area contributed by atoms with Crippen LogP contribution in [0, 0.1) is 0 Å². The van der Waals surface area contributed by atoms with Crippen LogP contribution in [0.3, 0.4) is 0 Å². The van der Waals surface area contributed by atoms with Crippen LogP contribution in [0.25, 0.3) is 11.2 Å². The van der Waals surface area contributed by atoms with Gasteiger partial charge in [0.2, 0.25) is 5.91 Å². The van der Waals surface area contributed by atoms with Gasteiger partial charge in [-0.2, -0.15) is 0 Å². The standard InChI is InChI=1S/C20H22BrN5O3/c1-24-12-23-17-16(24)18(28)26(19(29)25(17)2)10-15(27)22-11-20(7-4-8-20)13-5-3-6-14(21)9-13/h3,5-6,9,12H,4,7-8,10-11H2,1-2H3,(H,22,27). The van der Waals surface area contributed by atoms with Crippen molar-refractivity contribution in [3.8, 4) is 0 Å². The number of nitrogens with one attached hydrogen (secondary N) is 1. The normalized spacial score (nSPS) is 15.3. The number of hydrogen-bond donors (Lipinski definition) is 1. The first-order valence-corrected chi connectivity index (χ1v) is 10.3. The molecule has 0 spiro atoms. The lowest BCUT2D eigenvalue weighted by atomic mass is 9.64. The Morgan fingerprint density at radius 2 is 2.03 bits per heavy atom. The highest BCUT2D eigenvalue weighted by molar-refractivity contribution is 9.10. The zero-order chi connectivity index (χ0) is 20.8. The molecule has 4 rings (SSSR count). The van der Waals surface area contributed by atoms with Gasteiger partial charge in [-0.25, -0.2) is 14.3 Å². The summed E-state index contributed by atoms with van der Waals surface area (Å²) in [6, 6.07) is 8.13. The molecule has 0 unspecified atom stereocenters. The van der Waals surface area contributed by atoms with Crippen LogP contribution in [0.5, 0.6) is 0 Å². The zero-order valence-electron chi connectivity index (χ0n) is 16.3. The van der Waals surface area contributed by atoms with Crippen LogP contribution in [0.1, 0.15) is 24.8 Å². The molecule has 29 heavy (non-hydrogen) atoms. The molecule has 1 fully saturated rings. The summed E-state index contributed by atoms with van der Waals surface area (Å²) in [6.07, 6.45) is 4.58. The molecule has 0 radical (unpaired) electrons. The minimum absolute atomic E-state index is 0.0959. The van der Waals surface area contributed by atoms with Crippen molar-refractivity contribution in [3.05, 3.63) is 61.5 Å². The molecule has 2 heterocycles. The van der Waals surface area contributed by atoms with Gasteiger partial charge in [0.05, 0.1) is 6.33 Å². The van der Waals surface area contributed by atoms with Crippen molar-refractivity contribution in [2.75, 3.05) is 6.54 Å². The summed E-state index contributed by atoms with van der Waals surface area (Å²) in [7, 11) is 3.23. The third-order valence-electron chi connectivity index (χ3n) is 5.87. The number of rotatable bonds is 5. The molecule has 0 bridgehead atoms. The first-order chi connectivity index (χ1) is 13.8. The SMILES string of the molecule is Cn1cnc2c1c(=O)n(CC(=O)NCC1(c3cccc(Br)c3)CCC1)c(=O)n2C. The minimum Gasteiger partial charge on any atom is -0.354 e. The fourth-order valence-corrected chi connectivity index (χ4v) is 4.39. The topological polar surface area (TPSA) is 90.9 Å². The molecule has 2 aromatic heterocycles. The fourth-order valence-electron chi connectivity index (χ4n) is 3.99. The zero-order valence-corrected chi connectivity index (χ0v) is 17.9. The molecule has 1 aromatic carbocycles. The predicted molar refractivity (Wildman–Crippen MR) is 113 cm³/mol. The smallest absolute Gasteiger partial charge is 0.332 e. The van der Waals surface area contributed by atoms with Crippen LogP contribution in [0.2, 0.25) is 0 Å². The average Bonchev–Trinajstić information content (AvgIpc) is 3.04. The summed E-state index contributed by atoms with van der Waals surface area (Å²) in [5, 5.41) is 2.94. The Labute approximate surface area is 175 Å². The van der Waals surface area contributed by atoms with Crippen LogP contribution < -0.4 is 16.6 Å². The molecule has 1 amide bonds. The molecule has 0 aliphatic heterocycles. The van der Waals surface area contributed by atoms with Crippen molar-refractivity contribution >= 4 is 33.0 Å². The number of carbonyl (C=O) groups excluding carboxylic acids is 1. The second kappa shape index (κ2) is 7.29. The van der Waals surface area contributed by atoms with E-state index in [9.17, 15) is 14.4 Å². The lowest BCUT2D eigenvalue weighted by Gasteiger charge is -2.42. The van der Waals surface area contributed by atoms with Crippen molar-refractivity contribution in [3.63, 3.8) is 0 Å². The summed E-state index contributed by atoms with van der Waals surface area (Å²) >= 11 is 3.51. The molecule has 1 aliphatic carbocycles. The Morgan fingerprint density at radius 3 is 2.69 bits per heavy atom. The number of halogens is 1. The monoisotopic (exact) mass is 459 g/mol. The van der Waals surface area contributed by atoms with E-state index < -0.39 is 11.2 Å². The van der Waals surface area contributed by atoms with Crippen molar-refractivity contribution < 1.29 is 4.79 Å². The Kier molecular flexibility index (Phi) is 4.94. The number of carbonyl (C=O) groups is 1. The first-order valence-electron chi connectivity index (χ1n) is 9.46. The molecular weight excluding hydrogens is 438 g/mol. The van der Waals surface area contributed by atoms with Gasteiger partial charge in [-0.15, -0.1) is 0 Å². The molecular formula is C20H22BrN5O3. The van der Waals surface area contributed by atoms with Gasteiger partial charge in [0.1, 0.15) is 6.54 Å². The van der Waals surface area contributed by atoms with Gasteiger partial charge >= 0.3 is 5.69 Å². The fraction of sp³-hybridized carbons (Fsp3) is 0.400. The summed E-state index contributed by atoms with van der Waals surface area (Å²) in [6.45, 7) is 0.159. The van der Waals surface area contributed by atoms with Gasteiger partial charge in [-0.05, 0) is 30.5 Å². The van der Waals surface area contributed by atoms with Crippen LogP contribution in [0.15, 0.2) is 44.7 Å². The Bertz CT molecular complexity index is 1220. The van der Waals surface area contributed by atoms with E-state index in [1.54, 1.807) is 18.7 Å². The number of aromatic nitrogens is 4. The molecule has 1 saturated carbocycles. The molecule has 1 N–H and O–H groups in total. The quantitative estimate of drug-likeness (QED) is 0.624. The number of nitrogens with zero attached hydrogens (tertiary/aromatic N) is 4. The van der Waals surface area contributed by atoms with Gasteiger partial charge in [-0.3, -0.25) is 14.2 Å². The summed E-state index contributed by atoms with van der Waals surface area (Å²) in [5.41, 5.74) is 0.626. The number of amides is 1. The first kappa shape index (κ1) is 19.6. The van der Waals surface area contributed by atoms with Gasteiger partial charge in [0.25, 0.3) is 5.56 Å². The molecule has 152 valence electrons. The van der Waals surface area contributed by atoms with Gasteiger partial charge < -0.3 is 9.88 Å². The maximum atomic E-state index is 12.7. The van der Waals surface area contributed by atoms with E-state index in [0.29, 0.717) is 17.7 Å². The number of hydrogen-bond acceptors (Lipinski definition) is 4. The highest BCUT2D eigenvalue weighted by atomic mass is 79.9. The van der Waals surface area contributed by atoms with Gasteiger partial charge in [-0.1, -0.05) is 34.5 Å². The van der Waals surface area contributed by atoms with Crippen LogP contribution in [-0.2, 0) is 30.8 Å². The third-order valence-corrected chi connectivity index (χ3v) is 6.37. The van der Waals surface area contributed by atoms with E-state index in [2.05, 4.69) is 38.4 Å². The van der Waals surface area contributed by atoms with Crippen molar-refractivity contribution in [2.45, 2.75) is 31.2 Å². The maximum Gasteiger partial charge on any atom is 0.332 e. The summed E-state index contributed by atoms with van der Waals surface area (Å²) in [5.74, 6) is -0.355. The maximum absolute atomic E-state index is 12.7. The minimum atomic E-state index is -0.554. The van der Waals surface area contributed by atoms with Crippen LogP contribution in [0.4, 0.5) is 0 Å². The molecule has 8 nitrogen and oxygen atoms in total. The lowest BCUT2D eigenvalue weighted by molar-refractivity contribution is -0.122. The number of benzene rings is 1. The Morgan fingerprint density at radius 1 is 1.28 bits per heavy atom. The van der Waals surface area contributed by atoms with E-state index in [0.717, 1.165) is 28.3 Å². The van der Waals surface area contributed by atoms with Crippen molar-refractivity contribution in [1.29, 1.82) is 0 Å². The van der Waals surface area contributed by atoms with Gasteiger partial charge in [0, 0.05) is 30.5 Å². The number of fused-ring (bicyclic) bond motifs is 1. The predicted octanol–water partition coefficient (Wildman–Crippen LogP) is 1.43. The van der Waals surface area contributed by atoms with E-state index in [4.69, 9.17) is 0 Å². The van der Waals surface area contributed by atoms with Crippen molar-refractivity contribution in [1.82, 2.24) is 24.0 Å². The number of imidazole rings is 1. The highest BCUT2D eigenvalue weighted by Crippen LogP contribution is 2.43. The Hall–Kier alpha value is -2.68. The third kappa shape index (κ3) is 3.33. The van der Waals surface area contributed by atoms with Crippen molar-refractivity contribution in [2.24, 2.45) is 14.1 Å². The second-order valence-corrected chi connectivity index (χ2v) is 8.60. The second-order valence-electron chi connectivity index (χ2n) is 7.68. The number of aryl methyl sites for hydroxylation is 2. The van der Waals surface area contributed by atoms with E-state index in [1.165, 1.54) is 16.5 Å². The lowest BCUT2D eigenvalue weighted by Crippen LogP contribution is -2.48. The molecule has 1 aliphatic rings. The Balaban J connectivity index is 1.56. The molecule has 3 aromatic rings. The summed E-state index contributed by atoms with van der Waals surface area (Å²) < 4.78 is 4.82. The van der Waals surface area contributed by atoms with E-state index >= 15 is 0 Å². The average molecular weight is 460 g/mol. The molecule has 0 saturated heterocycles. The largest absolute Gasteiger partial charge is 0.354 e. The van der Waals surface area contributed by atoms with Crippen LogP contribution >= 0.6 is 15.9 Å². The molecule has 9 heteroatoms.